The molecule has 0 unspecified atom stereocenters. The van der Waals surface area contributed by atoms with Gasteiger partial charge >= 0.3 is 70.7 Å². The highest BCUT2D eigenvalue weighted by Crippen LogP contribution is 2.68. The van der Waals surface area contributed by atoms with Gasteiger partial charge in [-0.3, -0.25) is 0 Å². The Balaban J connectivity index is 7.21. The van der Waals surface area contributed by atoms with Crippen LogP contribution in [0.25, 0.3) is 0 Å². The van der Waals surface area contributed by atoms with Gasteiger partial charge in [0, 0.05) is 13.0 Å². The molecule has 0 bridgehead atoms. The van der Waals surface area contributed by atoms with Crippen molar-refractivity contribution in [3.63, 3.8) is 0 Å². The zero-order valence-corrected chi connectivity index (χ0v) is 23.0. The van der Waals surface area contributed by atoms with Gasteiger partial charge in [-0.05, 0) is 0 Å². The van der Waals surface area contributed by atoms with E-state index in [1.165, 1.54) is 0 Å². The molecule has 0 saturated heterocycles. The van der Waals surface area contributed by atoms with E-state index >= 15 is 0 Å². The van der Waals surface area contributed by atoms with E-state index in [-0.39, 0.29) is 4.72 Å². The van der Waals surface area contributed by atoms with E-state index in [1.54, 1.807) is 0 Å². The van der Waals surface area contributed by atoms with Crippen LogP contribution in [0.1, 0.15) is 6.42 Å². The maximum Gasteiger partial charge on any atom is 0.460 e. The van der Waals surface area contributed by atoms with Gasteiger partial charge in [0.2, 0.25) is 0 Å². The van der Waals surface area contributed by atoms with E-state index in [2.05, 4.69) is 0 Å². The number of rotatable bonds is 16. The summed E-state index contributed by atoms with van der Waals surface area (Å²) in [7, 11) is -6.18. The molecule has 0 aromatic rings. The maximum atomic E-state index is 13.9. The van der Waals surface area contributed by atoms with Gasteiger partial charge in [-0.25, -0.2) is 13.1 Å². The maximum absolute atomic E-state index is 13.9. The highest BCUT2D eigenvalue weighted by Gasteiger charge is 3.00. The molecule has 0 aliphatic rings. The summed E-state index contributed by atoms with van der Waals surface area (Å²) in [6, 6.07) is 0. The largest absolute Gasteiger partial charge is 0.633 e. The fourth-order valence-corrected chi connectivity index (χ4v) is 3.92. The van der Waals surface area contributed by atoms with Crippen LogP contribution in [0.15, 0.2) is 0 Å². The van der Waals surface area contributed by atoms with Crippen molar-refractivity contribution < 1.29 is 123 Å². The summed E-state index contributed by atoms with van der Waals surface area (Å²) in [4.78, 5) is 0. The first kappa shape index (κ1) is 46.1. The van der Waals surface area contributed by atoms with Crippen LogP contribution in [0, 0.1) is 5.21 Å². The topological polar surface area (TPSA) is 69.2 Å². The van der Waals surface area contributed by atoms with Gasteiger partial charge in [0.25, 0.3) is 10.0 Å². The number of halogens is 25. The lowest BCUT2D eigenvalue weighted by atomic mass is 9.85. The first-order valence-corrected chi connectivity index (χ1v) is 12.4. The number of alkyl halides is 25. The molecular formula is C17H13F25N2O3S. The lowest BCUT2D eigenvalue weighted by molar-refractivity contribution is -0.840. The number of quaternary nitrogens is 1. The summed E-state index contributed by atoms with van der Waals surface area (Å²) in [5.41, 5.74) is 0. The third-order valence-corrected chi connectivity index (χ3v) is 7.29. The Bertz CT molecular complexity index is 1270. The molecule has 0 aliphatic heterocycles. The molecule has 48 heavy (non-hydrogen) atoms. The van der Waals surface area contributed by atoms with Gasteiger partial charge in [-0.2, -0.15) is 110 Å². The first-order chi connectivity index (χ1) is 20.2. The SMILES string of the molecule is C[N+](C)([O-])CCCNS(=O)(=O)C(F)(F)C(F)(F)C(F)(F)C(F)(F)C(F)(F)C(F)(F)C(F)(F)C(F)(F)C(F)(F)C(F)(F)C(F)(F)C(F)(F)F. The third-order valence-electron chi connectivity index (χ3n) is 5.77. The molecule has 0 aliphatic carbocycles. The summed E-state index contributed by atoms with van der Waals surface area (Å²) < 4.78 is 358. The van der Waals surface area contributed by atoms with Crippen molar-refractivity contribution in [1.82, 2.24) is 4.72 Å². The minimum atomic E-state index is -9.75. The van der Waals surface area contributed by atoms with Crippen LogP contribution < -0.4 is 4.72 Å². The summed E-state index contributed by atoms with van der Waals surface area (Å²) in [5, 5.41) is 3.26. The van der Waals surface area contributed by atoms with Crippen molar-refractivity contribution in [2.24, 2.45) is 0 Å². The second kappa shape index (κ2) is 11.8. The Morgan fingerprint density at radius 2 is 0.688 bits per heavy atom. The zero-order valence-electron chi connectivity index (χ0n) is 22.2. The highest BCUT2D eigenvalue weighted by molar-refractivity contribution is 7.90. The molecule has 0 radical (unpaired) electrons. The number of sulfonamides is 1. The summed E-state index contributed by atoms with van der Waals surface area (Å²) in [5.74, 6) is -93.8. The molecule has 31 heteroatoms. The molecule has 0 rings (SSSR count). The van der Waals surface area contributed by atoms with Crippen molar-refractivity contribution >= 4 is 10.0 Å². The van der Waals surface area contributed by atoms with Gasteiger partial charge in [0.05, 0.1) is 20.6 Å². The lowest BCUT2D eigenvalue weighted by Crippen LogP contribution is -2.78. The monoisotopic (exact) mass is 800 g/mol. The molecule has 1 N–H and O–H groups in total. The minimum Gasteiger partial charge on any atom is -0.633 e. The predicted molar refractivity (Wildman–Crippen MR) is 102 cm³/mol. The van der Waals surface area contributed by atoms with E-state index in [0.29, 0.717) is 0 Å². The van der Waals surface area contributed by atoms with E-state index in [1.807, 2.05) is 0 Å². The Morgan fingerprint density at radius 3 is 0.917 bits per heavy atom. The second-order valence-electron chi connectivity index (χ2n) is 9.81. The van der Waals surface area contributed by atoms with Crippen molar-refractivity contribution in [3.05, 3.63) is 5.21 Å². The Hall–Kier alpha value is -1.92. The number of nitrogens with zero attached hydrogens (tertiary/aromatic N) is 1. The Kier molecular flexibility index (Phi) is 11.3. The number of nitrogens with one attached hydrogen (secondary N) is 1. The minimum absolute atomic E-state index is 0.233. The van der Waals surface area contributed by atoms with Gasteiger partial charge in [-0.1, -0.05) is 0 Å². The Labute approximate surface area is 248 Å². The van der Waals surface area contributed by atoms with Crippen molar-refractivity contribution in [2.75, 3.05) is 27.2 Å². The van der Waals surface area contributed by atoms with Crippen LogP contribution in [-0.4, -0.2) is 111 Å². The van der Waals surface area contributed by atoms with Crippen molar-refractivity contribution in [2.45, 2.75) is 77.1 Å². The molecule has 0 spiro atoms. The lowest BCUT2D eigenvalue weighted by Gasteiger charge is -2.45. The summed E-state index contributed by atoms with van der Waals surface area (Å²) in [6.45, 7) is -2.54. The van der Waals surface area contributed by atoms with Crippen LogP contribution in [0.3, 0.4) is 0 Å². The van der Waals surface area contributed by atoms with Crippen LogP contribution in [-0.2, 0) is 10.0 Å². The molecule has 0 fully saturated rings. The molecule has 0 aromatic carbocycles. The Morgan fingerprint density at radius 1 is 0.458 bits per heavy atom. The van der Waals surface area contributed by atoms with Crippen LogP contribution in [0.2, 0.25) is 0 Å². The van der Waals surface area contributed by atoms with E-state index in [4.69, 9.17) is 0 Å². The summed E-state index contributed by atoms with van der Waals surface area (Å²) in [6.07, 6.45) is -9.25. The molecule has 0 saturated carbocycles. The van der Waals surface area contributed by atoms with E-state index in [0.717, 1.165) is 14.1 Å². The van der Waals surface area contributed by atoms with Crippen LogP contribution in [0.4, 0.5) is 110 Å². The smallest absolute Gasteiger partial charge is 0.460 e. The fraction of sp³-hybridized carbons (Fsp3) is 1.00. The van der Waals surface area contributed by atoms with Gasteiger partial charge in [0.15, 0.2) is 0 Å². The van der Waals surface area contributed by atoms with Gasteiger partial charge < -0.3 is 9.85 Å². The first-order valence-electron chi connectivity index (χ1n) is 11.0. The molecule has 0 atom stereocenters. The quantitative estimate of drug-likeness (QED) is 0.0768. The van der Waals surface area contributed by atoms with Crippen molar-refractivity contribution in [3.8, 4) is 0 Å². The third kappa shape index (κ3) is 6.18. The zero-order chi connectivity index (χ0) is 39.8. The van der Waals surface area contributed by atoms with E-state index < -0.39 is 105 Å². The molecule has 0 amide bonds. The van der Waals surface area contributed by atoms with E-state index in [9.17, 15) is 123 Å². The average molecular weight is 800 g/mol. The standard InChI is InChI=1S/C17H13F25N2O3S/c1-44(2,45)5-3-4-43-48(46,47)17(41,42)15(36,37)13(32,33)11(28,29)9(24,25)7(20,21)6(18,19)8(22,23)10(26,27)12(30,31)14(34,35)16(38,39)40/h43H,3-5H2,1-2H3. The molecule has 290 valence electrons. The predicted octanol–water partition coefficient (Wildman–Crippen LogP) is 7.38. The molecule has 0 heterocycles. The second-order valence-corrected chi connectivity index (χ2v) is 11.6. The molecular weight excluding hydrogens is 787 g/mol. The number of hydrogen-bond donors (Lipinski definition) is 1. The number of hydroxylamine groups is 3. The number of hydrogen-bond acceptors (Lipinski definition) is 3. The molecule has 0 aromatic heterocycles. The van der Waals surface area contributed by atoms with Crippen LogP contribution in [0.5, 0.6) is 0 Å². The van der Waals surface area contributed by atoms with Crippen molar-refractivity contribution in [1.29, 1.82) is 0 Å². The van der Waals surface area contributed by atoms with Gasteiger partial charge in [-0.15, -0.1) is 0 Å². The van der Waals surface area contributed by atoms with Crippen LogP contribution >= 0.6 is 0 Å². The highest BCUT2D eigenvalue weighted by atomic mass is 32.2. The average Bonchev–Trinajstić information content (AvgIpc) is 2.83. The van der Waals surface area contributed by atoms with Gasteiger partial charge in [0.1, 0.15) is 0 Å². The normalized spacial score (nSPS) is 16.8. The fourth-order valence-electron chi connectivity index (χ4n) is 2.86. The molecule has 5 nitrogen and oxygen atoms in total. The summed E-state index contributed by atoms with van der Waals surface area (Å²) >= 11 is 0.